The van der Waals surface area contributed by atoms with Crippen molar-refractivity contribution in [3.63, 3.8) is 0 Å². The number of rotatable bonds is 6. The van der Waals surface area contributed by atoms with Crippen LogP contribution in [0, 0.1) is 5.92 Å². The van der Waals surface area contributed by atoms with Gasteiger partial charge in [-0.2, -0.15) is 0 Å². The van der Waals surface area contributed by atoms with Crippen LogP contribution in [0.1, 0.15) is 64.9 Å². The summed E-state index contributed by atoms with van der Waals surface area (Å²) in [4.78, 5) is 25.3. The van der Waals surface area contributed by atoms with E-state index in [1.807, 2.05) is 45.0 Å². The predicted octanol–water partition coefficient (Wildman–Crippen LogP) is 4.99. The number of benzene rings is 1. The number of likely N-dealkylation sites (tertiary alicyclic amines) is 1. The molecule has 2 fully saturated rings. The molecule has 0 N–H and O–H groups in total. The Morgan fingerprint density at radius 2 is 1.87 bits per heavy atom. The van der Waals surface area contributed by atoms with Crippen molar-refractivity contribution < 1.29 is 23.8 Å². The molecule has 6 nitrogen and oxygen atoms in total. The Balaban J connectivity index is 0.000000976. The molecule has 1 saturated heterocycles. The molecule has 1 aromatic rings. The maximum absolute atomic E-state index is 12.3. The monoisotopic (exact) mass is 419 g/mol. The van der Waals surface area contributed by atoms with Crippen LogP contribution in [-0.2, 0) is 20.7 Å². The largest absolute Gasteiger partial charge is 0.493 e. The molecule has 0 radical (unpaired) electrons. The molecule has 1 atom stereocenters. The van der Waals surface area contributed by atoms with Crippen LogP contribution in [0.2, 0.25) is 0 Å². The summed E-state index contributed by atoms with van der Waals surface area (Å²) in [5.41, 5.74) is 0.558. The number of methoxy groups -OCH3 is 1. The van der Waals surface area contributed by atoms with Crippen LogP contribution in [0.5, 0.6) is 5.75 Å². The highest BCUT2D eigenvalue weighted by molar-refractivity contribution is 5.69. The Morgan fingerprint density at radius 1 is 1.13 bits per heavy atom. The van der Waals surface area contributed by atoms with Gasteiger partial charge in [0.1, 0.15) is 11.4 Å². The summed E-state index contributed by atoms with van der Waals surface area (Å²) in [6.45, 7) is 7.57. The molecular formula is C24H37NO5. The fourth-order valence-electron chi connectivity index (χ4n) is 3.05. The topological polar surface area (TPSA) is 65.1 Å². The molecule has 2 aliphatic rings. The number of amides is 1. The Kier molecular flexibility index (Phi) is 9.47. The van der Waals surface area contributed by atoms with E-state index in [2.05, 4.69) is 4.74 Å². The summed E-state index contributed by atoms with van der Waals surface area (Å²) in [7, 11) is 1.40. The first-order valence-corrected chi connectivity index (χ1v) is 11.0. The van der Waals surface area contributed by atoms with Crippen molar-refractivity contribution in [3.05, 3.63) is 29.8 Å². The molecule has 1 heterocycles. The number of hydrogen-bond donors (Lipinski definition) is 0. The van der Waals surface area contributed by atoms with Gasteiger partial charge in [0.15, 0.2) is 0 Å². The van der Waals surface area contributed by atoms with Gasteiger partial charge in [0.2, 0.25) is 0 Å². The molecule has 1 unspecified atom stereocenters. The van der Waals surface area contributed by atoms with Gasteiger partial charge in [0, 0.05) is 25.4 Å². The third-order valence-electron chi connectivity index (χ3n) is 4.75. The van der Waals surface area contributed by atoms with Gasteiger partial charge in [-0.15, -0.1) is 0 Å². The first-order chi connectivity index (χ1) is 14.3. The minimum Gasteiger partial charge on any atom is -0.493 e. The molecule has 3 rings (SSSR count). The summed E-state index contributed by atoms with van der Waals surface area (Å²) >= 11 is 0. The molecule has 168 valence electrons. The molecule has 0 aromatic heterocycles. The van der Waals surface area contributed by atoms with Crippen molar-refractivity contribution in [3.8, 4) is 5.75 Å². The van der Waals surface area contributed by atoms with Crippen molar-refractivity contribution in [2.45, 2.75) is 71.3 Å². The maximum atomic E-state index is 12.3. The number of hydrogen-bond acceptors (Lipinski definition) is 5. The van der Waals surface area contributed by atoms with E-state index >= 15 is 0 Å². The Hall–Kier alpha value is -2.24. The van der Waals surface area contributed by atoms with Crippen LogP contribution in [0.4, 0.5) is 4.79 Å². The lowest BCUT2D eigenvalue weighted by molar-refractivity contribution is -0.140. The van der Waals surface area contributed by atoms with Crippen LogP contribution >= 0.6 is 0 Å². The van der Waals surface area contributed by atoms with E-state index < -0.39 is 5.60 Å². The third-order valence-corrected chi connectivity index (χ3v) is 4.75. The lowest BCUT2D eigenvalue weighted by atomic mass is 9.99. The molecule has 30 heavy (non-hydrogen) atoms. The lowest BCUT2D eigenvalue weighted by Gasteiger charge is -2.34. The Bertz CT molecular complexity index is 678. The lowest BCUT2D eigenvalue weighted by Crippen LogP contribution is -2.44. The van der Waals surface area contributed by atoms with Crippen LogP contribution in [-0.4, -0.2) is 49.4 Å². The van der Waals surface area contributed by atoms with Gasteiger partial charge in [0.05, 0.1) is 13.7 Å². The Morgan fingerprint density at radius 3 is 2.50 bits per heavy atom. The molecule has 0 bridgehead atoms. The molecular weight excluding hydrogens is 382 g/mol. The van der Waals surface area contributed by atoms with E-state index in [1.165, 1.54) is 26.4 Å². The zero-order valence-corrected chi connectivity index (χ0v) is 18.9. The second-order valence-corrected chi connectivity index (χ2v) is 9.03. The van der Waals surface area contributed by atoms with Crippen molar-refractivity contribution in [2.24, 2.45) is 5.92 Å². The standard InChI is InChI=1S/C21H31NO5.C3H6/c1-21(2,3)27-20(24)22-12-6-8-17(14-22)15-26-18-9-5-7-16(13-18)10-11-19(23)25-4;1-2-3-1/h5,7,9,13,17H,6,8,10-12,14-15H2,1-4H3;1-3H2. The van der Waals surface area contributed by atoms with E-state index in [9.17, 15) is 9.59 Å². The molecule has 1 aliphatic carbocycles. The summed E-state index contributed by atoms with van der Waals surface area (Å²) in [5.74, 6) is 0.850. The minimum absolute atomic E-state index is 0.217. The maximum Gasteiger partial charge on any atom is 0.410 e. The molecule has 0 spiro atoms. The molecule has 1 saturated carbocycles. The number of carbonyl (C=O) groups excluding carboxylic acids is 2. The normalized spacial score (nSPS) is 18.0. The van der Waals surface area contributed by atoms with Gasteiger partial charge in [0.25, 0.3) is 0 Å². The zero-order valence-electron chi connectivity index (χ0n) is 18.9. The van der Waals surface area contributed by atoms with E-state index in [1.54, 1.807) is 4.90 Å². The van der Waals surface area contributed by atoms with Crippen LogP contribution in [0.25, 0.3) is 0 Å². The SMILES string of the molecule is C1CC1.COC(=O)CCc1cccc(OCC2CCCN(C(=O)OC(C)(C)C)C2)c1. The quantitative estimate of drug-likeness (QED) is 0.608. The van der Waals surface area contributed by atoms with Crippen LogP contribution in [0.3, 0.4) is 0 Å². The van der Waals surface area contributed by atoms with Gasteiger partial charge in [-0.25, -0.2) is 4.79 Å². The first kappa shape index (κ1) is 24.0. The van der Waals surface area contributed by atoms with E-state index in [0.29, 0.717) is 26.0 Å². The van der Waals surface area contributed by atoms with Gasteiger partial charge in [-0.3, -0.25) is 4.79 Å². The summed E-state index contributed by atoms with van der Waals surface area (Å²) in [5, 5.41) is 0. The molecule has 1 amide bonds. The Labute approximate surface area is 180 Å². The van der Waals surface area contributed by atoms with Crippen LogP contribution < -0.4 is 4.74 Å². The van der Waals surface area contributed by atoms with E-state index in [4.69, 9.17) is 9.47 Å². The third kappa shape index (κ3) is 9.99. The van der Waals surface area contributed by atoms with Gasteiger partial charge in [-0.1, -0.05) is 31.4 Å². The molecule has 6 heteroatoms. The fraction of sp³-hybridized carbons (Fsp3) is 0.667. The smallest absolute Gasteiger partial charge is 0.410 e. The molecule has 1 aliphatic heterocycles. The zero-order chi connectivity index (χ0) is 22.0. The van der Waals surface area contributed by atoms with Crippen LogP contribution in [0.15, 0.2) is 24.3 Å². The second kappa shape index (κ2) is 11.8. The number of piperidine rings is 1. The number of ether oxygens (including phenoxy) is 3. The summed E-state index contributed by atoms with van der Waals surface area (Å²) in [6.07, 6.45) is 7.21. The second-order valence-electron chi connectivity index (χ2n) is 9.03. The summed E-state index contributed by atoms with van der Waals surface area (Å²) < 4.78 is 16.1. The molecule has 1 aromatic carbocycles. The van der Waals surface area contributed by atoms with Gasteiger partial charge >= 0.3 is 12.1 Å². The minimum atomic E-state index is -0.481. The summed E-state index contributed by atoms with van der Waals surface area (Å²) in [6, 6.07) is 7.77. The highest BCUT2D eigenvalue weighted by atomic mass is 16.6. The fourth-order valence-corrected chi connectivity index (χ4v) is 3.05. The number of esters is 1. The highest BCUT2D eigenvalue weighted by Gasteiger charge is 2.27. The predicted molar refractivity (Wildman–Crippen MR) is 117 cm³/mol. The number of aryl methyl sites for hydroxylation is 1. The average Bonchev–Trinajstić information content (AvgIpc) is 3.59. The van der Waals surface area contributed by atoms with E-state index in [-0.39, 0.29) is 18.0 Å². The van der Waals surface area contributed by atoms with Crippen molar-refractivity contribution in [1.29, 1.82) is 0 Å². The van der Waals surface area contributed by atoms with Crippen molar-refractivity contribution in [2.75, 3.05) is 26.8 Å². The van der Waals surface area contributed by atoms with Gasteiger partial charge < -0.3 is 19.1 Å². The first-order valence-electron chi connectivity index (χ1n) is 11.0. The number of carbonyl (C=O) groups is 2. The number of nitrogens with zero attached hydrogens (tertiary/aromatic N) is 1. The van der Waals surface area contributed by atoms with Crippen molar-refractivity contribution in [1.82, 2.24) is 4.90 Å². The average molecular weight is 420 g/mol. The van der Waals surface area contributed by atoms with Crippen molar-refractivity contribution >= 4 is 12.1 Å². The van der Waals surface area contributed by atoms with E-state index in [0.717, 1.165) is 30.7 Å². The highest BCUT2D eigenvalue weighted by Crippen LogP contribution is 2.22. The van der Waals surface area contributed by atoms with Gasteiger partial charge in [-0.05, 0) is 57.7 Å².